The standard InChI is InChI=1S/C13H13NO5S2/c1-19-10-5-3-2-4-9(10)8-14-21(17,18)11-6-7-20-12(11)13(15)16/h2-7,14H,8H2,1H3,(H,15,16). The van der Waals surface area contributed by atoms with Crippen molar-refractivity contribution in [3.8, 4) is 5.75 Å². The minimum atomic E-state index is -3.89. The Bertz CT molecular complexity index is 751. The quantitative estimate of drug-likeness (QED) is 0.846. The Labute approximate surface area is 126 Å². The van der Waals surface area contributed by atoms with Gasteiger partial charge in [0.2, 0.25) is 10.0 Å². The zero-order chi connectivity index (χ0) is 15.5. The largest absolute Gasteiger partial charge is 0.496 e. The third kappa shape index (κ3) is 3.41. The van der Waals surface area contributed by atoms with E-state index < -0.39 is 16.0 Å². The molecule has 0 aliphatic heterocycles. The highest BCUT2D eigenvalue weighted by Gasteiger charge is 2.23. The summed E-state index contributed by atoms with van der Waals surface area (Å²) in [5.41, 5.74) is 0.663. The van der Waals surface area contributed by atoms with Crippen LogP contribution in [0.2, 0.25) is 0 Å². The molecule has 2 aromatic rings. The maximum atomic E-state index is 12.2. The van der Waals surface area contributed by atoms with Gasteiger partial charge in [0.05, 0.1) is 7.11 Å². The lowest BCUT2D eigenvalue weighted by Crippen LogP contribution is -2.24. The van der Waals surface area contributed by atoms with Gasteiger partial charge in [0.15, 0.2) is 0 Å². The monoisotopic (exact) mass is 327 g/mol. The number of nitrogens with one attached hydrogen (secondary N) is 1. The third-order valence-corrected chi connectivity index (χ3v) is 5.23. The highest BCUT2D eigenvalue weighted by atomic mass is 32.2. The van der Waals surface area contributed by atoms with E-state index in [9.17, 15) is 13.2 Å². The Hall–Kier alpha value is -1.90. The number of thiophene rings is 1. The first-order valence-electron chi connectivity index (χ1n) is 5.88. The number of rotatable bonds is 6. The maximum absolute atomic E-state index is 12.2. The van der Waals surface area contributed by atoms with Gasteiger partial charge in [-0.05, 0) is 17.5 Å². The lowest BCUT2D eigenvalue weighted by Gasteiger charge is -2.10. The molecule has 0 spiro atoms. The van der Waals surface area contributed by atoms with Crippen molar-refractivity contribution in [3.63, 3.8) is 0 Å². The summed E-state index contributed by atoms with van der Waals surface area (Å²) in [6.07, 6.45) is 0. The smallest absolute Gasteiger partial charge is 0.347 e. The van der Waals surface area contributed by atoms with Crippen LogP contribution in [0.1, 0.15) is 15.2 Å². The third-order valence-electron chi connectivity index (χ3n) is 2.76. The molecule has 0 unspecified atom stereocenters. The van der Waals surface area contributed by atoms with Crippen LogP contribution in [0.25, 0.3) is 0 Å². The summed E-state index contributed by atoms with van der Waals surface area (Å²) in [4.78, 5) is 10.6. The minimum Gasteiger partial charge on any atom is -0.496 e. The number of ether oxygens (including phenoxy) is 1. The number of carboxylic acid groups (broad SMARTS) is 1. The predicted octanol–water partition coefficient (Wildman–Crippen LogP) is 1.93. The van der Waals surface area contributed by atoms with E-state index in [1.807, 2.05) is 0 Å². The van der Waals surface area contributed by atoms with Crippen molar-refractivity contribution in [2.75, 3.05) is 7.11 Å². The number of aromatic carboxylic acids is 1. The van der Waals surface area contributed by atoms with Crippen LogP contribution in [0.4, 0.5) is 0 Å². The lowest BCUT2D eigenvalue weighted by atomic mass is 10.2. The number of carboxylic acids is 1. The van der Waals surface area contributed by atoms with E-state index in [0.717, 1.165) is 11.3 Å². The second kappa shape index (κ2) is 6.25. The van der Waals surface area contributed by atoms with E-state index in [1.54, 1.807) is 24.3 Å². The Morgan fingerprint density at radius 3 is 2.71 bits per heavy atom. The molecular weight excluding hydrogens is 314 g/mol. The summed E-state index contributed by atoms with van der Waals surface area (Å²) in [5, 5.41) is 10.4. The molecule has 2 rings (SSSR count). The van der Waals surface area contributed by atoms with Crippen molar-refractivity contribution >= 4 is 27.3 Å². The summed E-state index contributed by atoms with van der Waals surface area (Å²) >= 11 is 0.870. The fourth-order valence-corrected chi connectivity index (χ4v) is 4.03. The Kier molecular flexibility index (Phi) is 4.61. The van der Waals surface area contributed by atoms with Gasteiger partial charge < -0.3 is 9.84 Å². The Morgan fingerprint density at radius 2 is 2.05 bits per heavy atom. The van der Waals surface area contributed by atoms with E-state index in [4.69, 9.17) is 9.84 Å². The summed E-state index contributed by atoms with van der Waals surface area (Å²) < 4.78 is 31.9. The average molecular weight is 327 g/mol. The van der Waals surface area contributed by atoms with Gasteiger partial charge in [0.1, 0.15) is 15.5 Å². The van der Waals surface area contributed by atoms with Crippen molar-refractivity contribution in [2.24, 2.45) is 0 Å². The summed E-state index contributed by atoms with van der Waals surface area (Å²) in [7, 11) is -2.40. The molecule has 1 aromatic carbocycles. The minimum absolute atomic E-state index is 0.0151. The highest BCUT2D eigenvalue weighted by molar-refractivity contribution is 7.89. The fourth-order valence-electron chi connectivity index (χ4n) is 1.76. The molecule has 0 atom stereocenters. The predicted molar refractivity (Wildman–Crippen MR) is 78.3 cm³/mol. The van der Waals surface area contributed by atoms with Crippen molar-refractivity contribution in [1.82, 2.24) is 4.72 Å². The second-order valence-electron chi connectivity index (χ2n) is 4.06. The number of carbonyl (C=O) groups is 1. The Balaban J connectivity index is 2.22. The maximum Gasteiger partial charge on any atom is 0.347 e. The van der Waals surface area contributed by atoms with Crippen LogP contribution in [-0.4, -0.2) is 26.6 Å². The number of hydrogen-bond acceptors (Lipinski definition) is 5. The number of para-hydroxylation sites is 1. The van der Waals surface area contributed by atoms with E-state index in [2.05, 4.69) is 4.72 Å². The number of methoxy groups -OCH3 is 1. The molecule has 1 aromatic heterocycles. The van der Waals surface area contributed by atoms with Gasteiger partial charge in [-0.15, -0.1) is 11.3 Å². The summed E-state index contributed by atoms with van der Waals surface area (Å²) in [6.45, 7) is 0.0151. The molecule has 112 valence electrons. The van der Waals surface area contributed by atoms with Crippen LogP contribution >= 0.6 is 11.3 Å². The van der Waals surface area contributed by atoms with Gasteiger partial charge in [0, 0.05) is 12.1 Å². The zero-order valence-corrected chi connectivity index (χ0v) is 12.7. The van der Waals surface area contributed by atoms with Gasteiger partial charge in [-0.1, -0.05) is 18.2 Å². The van der Waals surface area contributed by atoms with E-state index >= 15 is 0 Å². The van der Waals surface area contributed by atoms with Gasteiger partial charge in [-0.3, -0.25) is 0 Å². The van der Waals surface area contributed by atoms with Gasteiger partial charge in [-0.25, -0.2) is 17.9 Å². The Morgan fingerprint density at radius 1 is 1.33 bits per heavy atom. The van der Waals surface area contributed by atoms with Crippen molar-refractivity contribution < 1.29 is 23.1 Å². The van der Waals surface area contributed by atoms with Crippen LogP contribution in [0.3, 0.4) is 0 Å². The SMILES string of the molecule is COc1ccccc1CNS(=O)(=O)c1ccsc1C(=O)O. The molecule has 8 heteroatoms. The first-order valence-corrected chi connectivity index (χ1v) is 8.24. The van der Waals surface area contributed by atoms with Crippen LogP contribution in [0.5, 0.6) is 5.75 Å². The molecule has 0 saturated carbocycles. The summed E-state index contributed by atoms with van der Waals surface area (Å²) in [6, 6.07) is 8.26. The van der Waals surface area contributed by atoms with Crippen LogP contribution in [0, 0.1) is 0 Å². The molecule has 2 N–H and O–H groups in total. The van der Waals surface area contributed by atoms with E-state index in [0.29, 0.717) is 11.3 Å². The lowest BCUT2D eigenvalue weighted by molar-refractivity contribution is 0.0698. The molecule has 0 aliphatic carbocycles. The van der Waals surface area contributed by atoms with Crippen molar-refractivity contribution in [3.05, 3.63) is 46.2 Å². The zero-order valence-electron chi connectivity index (χ0n) is 11.1. The molecule has 0 fully saturated rings. The molecule has 0 amide bonds. The van der Waals surface area contributed by atoms with Crippen LogP contribution in [0.15, 0.2) is 40.6 Å². The molecule has 0 saturated heterocycles. The molecule has 0 radical (unpaired) electrons. The van der Waals surface area contributed by atoms with Gasteiger partial charge in [0.25, 0.3) is 0 Å². The number of benzene rings is 1. The van der Waals surface area contributed by atoms with Gasteiger partial charge in [-0.2, -0.15) is 0 Å². The normalized spacial score (nSPS) is 11.3. The molecule has 0 aliphatic rings. The number of hydrogen-bond donors (Lipinski definition) is 2. The van der Waals surface area contributed by atoms with E-state index in [1.165, 1.54) is 18.6 Å². The van der Waals surface area contributed by atoms with Crippen molar-refractivity contribution in [2.45, 2.75) is 11.4 Å². The first-order chi connectivity index (χ1) is 9.95. The van der Waals surface area contributed by atoms with Crippen molar-refractivity contribution in [1.29, 1.82) is 0 Å². The van der Waals surface area contributed by atoms with Crippen LogP contribution < -0.4 is 9.46 Å². The first kappa shape index (κ1) is 15.5. The second-order valence-corrected chi connectivity index (χ2v) is 6.71. The fraction of sp³-hybridized carbons (Fsp3) is 0.154. The number of sulfonamides is 1. The molecule has 21 heavy (non-hydrogen) atoms. The van der Waals surface area contributed by atoms with Gasteiger partial charge >= 0.3 is 5.97 Å². The highest BCUT2D eigenvalue weighted by Crippen LogP contribution is 2.23. The molecule has 6 nitrogen and oxygen atoms in total. The van der Waals surface area contributed by atoms with E-state index in [-0.39, 0.29) is 16.3 Å². The molecule has 1 heterocycles. The summed E-state index contributed by atoms with van der Waals surface area (Å²) in [5.74, 6) is -0.702. The van der Waals surface area contributed by atoms with Crippen LogP contribution in [-0.2, 0) is 16.6 Å². The molecular formula is C13H13NO5S2. The topological polar surface area (TPSA) is 92.7 Å². The molecule has 0 bridgehead atoms. The average Bonchev–Trinajstić information content (AvgIpc) is 2.96.